The summed E-state index contributed by atoms with van der Waals surface area (Å²) in [6.07, 6.45) is 5.01. The Morgan fingerprint density at radius 1 is 0.600 bits per heavy atom. The molecule has 3 nitrogen and oxygen atoms in total. The van der Waals surface area contributed by atoms with Crippen LogP contribution in [0.1, 0.15) is 65.0 Å². The second kappa shape index (κ2) is 14.0. The lowest BCUT2D eigenvalue weighted by molar-refractivity contribution is 0.568. The molecule has 55 heavy (non-hydrogen) atoms. The monoisotopic (exact) mass is 707 g/mol. The maximum absolute atomic E-state index is 5.31. The quantitative estimate of drug-likeness (QED) is 0.165. The number of nitrogens with zero attached hydrogens (tertiary/aromatic N) is 3. The van der Waals surface area contributed by atoms with Crippen molar-refractivity contribution in [3.8, 4) is 16.8 Å². The van der Waals surface area contributed by atoms with Crippen molar-refractivity contribution in [3.05, 3.63) is 215 Å². The minimum Gasteiger partial charge on any atom is -0.309 e. The first-order valence-corrected chi connectivity index (χ1v) is 19.5. The van der Waals surface area contributed by atoms with E-state index in [1.165, 1.54) is 55.3 Å². The Morgan fingerprint density at radius 3 is 2.11 bits per heavy atom. The first-order valence-electron chi connectivity index (χ1n) is 19.5. The molecule has 0 saturated heterocycles. The van der Waals surface area contributed by atoms with Crippen LogP contribution in [0, 0.1) is 0 Å². The Kier molecular flexibility index (Phi) is 8.41. The average molecular weight is 708 g/mol. The van der Waals surface area contributed by atoms with Gasteiger partial charge in [0.15, 0.2) is 5.84 Å². The summed E-state index contributed by atoms with van der Waals surface area (Å²) in [7, 11) is 0. The van der Waals surface area contributed by atoms with E-state index in [4.69, 9.17) is 9.98 Å². The highest BCUT2D eigenvalue weighted by atomic mass is 15.0. The Morgan fingerprint density at radius 2 is 1.29 bits per heavy atom. The van der Waals surface area contributed by atoms with E-state index in [1.54, 1.807) is 0 Å². The number of amidine groups is 1. The van der Waals surface area contributed by atoms with Crippen molar-refractivity contribution >= 4 is 39.1 Å². The van der Waals surface area contributed by atoms with Gasteiger partial charge in [0.1, 0.15) is 0 Å². The van der Waals surface area contributed by atoms with Crippen LogP contribution in [0.5, 0.6) is 0 Å². The third-order valence-electron chi connectivity index (χ3n) is 11.6. The zero-order chi connectivity index (χ0) is 36.7. The molecule has 2 heterocycles. The first kappa shape index (κ1) is 33.0. The molecule has 2 atom stereocenters. The van der Waals surface area contributed by atoms with Crippen molar-refractivity contribution in [2.24, 2.45) is 9.98 Å². The van der Waals surface area contributed by atoms with Crippen molar-refractivity contribution in [2.45, 2.75) is 38.0 Å². The maximum Gasteiger partial charge on any atom is 0.160 e. The molecule has 0 bridgehead atoms. The van der Waals surface area contributed by atoms with E-state index in [9.17, 15) is 0 Å². The highest BCUT2D eigenvalue weighted by Gasteiger charge is 2.32. The van der Waals surface area contributed by atoms with Gasteiger partial charge in [0.05, 0.1) is 22.4 Å². The fraction of sp³-hybridized carbons (Fsp3) is 0.115. The van der Waals surface area contributed by atoms with Crippen LogP contribution in [0.2, 0.25) is 0 Å². The topological polar surface area (TPSA) is 29.6 Å². The highest BCUT2D eigenvalue weighted by Crippen LogP contribution is 2.50. The summed E-state index contributed by atoms with van der Waals surface area (Å²) in [5.41, 5.74) is 15.9. The predicted molar refractivity (Wildman–Crippen MR) is 231 cm³/mol. The summed E-state index contributed by atoms with van der Waals surface area (Å²) in [4.78, 5) is 10.5. The second-order valence-electron chi connectivity index (χ2n) is 14.8. The zero-order valence-electron chi connectivity index (χ0n) is 30.9. The molecule has 0 fully saturated rings. The third-order valence-corrected chi connectivity index (χ3v) is 11.6. The van der Waals surface area contributed by atoms with Gasteiger partial charge in [-0.1, -0.05) is 165 Å². The fourth-order valence-electron chi connectivity index (χ4n) is 8.91. The predicted octanol–water partition coefficient (Wildman–Crippen LogP) is 13.0. The summed E-state index contributed by atoms with van der Waals surface area (Å²) in [5, 5.41) is 2.58. The average Bonchev–Trinajstić information content (AvgIpc) is 3.59. The number of aliphatic imine (C=N–C) groups is 2. The van der Waals surface area contributed by atoms with Crippen LogP contribution >= 0.6 is 0 Å². The van der Waals surface area contributed by atoms with Gasteiger partial charge >= 0.3 is 0 Å². The Balaban J connectivity index is 1.09. The Bertz CT molecular complexity index is 2790. The number of aromatic nitrogens is 1. The Hall–Kier alpha value is -6.58. The first-order chi connectivity index (χ1) is 27.2. The lowest BCUT2D eigenvalue weighted by Gasteiger charge is -2.33. The van der Waals surface area contributed by atoms with Gasteiger partial charge in [-0.05, 0) is 83.2 Å². The molecular weight excluding hydrogens is 667 g/mol. The summed E-state index contributed by atoms with van der Waals surface area (Å²) in [6, 6.07) is 63.6. The molecule has 0 spiro atoms. The van der Waals surface area contributed by atoms with Gasteiger partial charge < -0.3 is 4.57 Å². The van der Waals surface area contributed by atoms with Gasteiger partial charge in [0, 0.05) is 33.2 Å². The number of benzene rings is 7. The number of hydrogen-bond donors (Lipinski definition) is 0. The molecule has 1 aliphatic heterocycles. The summed E-state index contributed by atoms with van der Waals surface area (Å²) in [5.74, 6) is 1.30. The lowest BCUT2D eigenvalue weighted by Crippen LogP contribution is -2.18. The fourth-order valence-corrected chi connectivity index (χ4v) is 8.91. The largest absolute Gasteiger partial charge is 0.309 e. The third kappa shape index (κ3) is 5.93. The summed E-state index contributed by atoms with van der Waals surface area (Å²) in [6.45, 7) is 2.42. The van der Waals surface area contributed by atoms with E-state index in [1.807, 2.05) is 6.07 Å². The van der Waals surface area contributed by atoms with E-state index in [-0.39, 0.29) is 5.92 Å². The second-order valence-corrected chi connectivity index (χ2v) is 14.8. The molecule has 0 saturated carbocycles. The van der Waals surface area contributed by atoms with Crippen molar-refractivity contribution in [1.82, 2.24) is 4.57 Å². The van der Waals surface area contributed by atoms with Gasteiger partial charge in [-0.2, -0.15) is 0 Å². The van der Waals surface area contributed by atoms with Gasteiger partial charge in [-0.15, -0.1) is 0 Å². The number of allylic oxidation sites excluding steroid dienone is 1. The van der Waals surface area contributed by atoms with Crippen LogP contribution in [-0.2, 0) is 6.42 Å². The maximum atomic E-state index is 5.31. The molecule has 10 rings (SSSR count). The van der Waals surface area contributed by atoms with Crippen molar-refractivity contribution in [1.29, 1.82) is 0 Å². The van der Waals surface area contributed by atoms with Crippen LogP contribution in [0.3, 0.4) is 0 Å². The molecule has 1 aliphatic carbocycles. The molecule has 8 aromatic rings. The number of para-hydroxylation sites is 2. The molecule has 3 heteroatoms. The van der Waals surface area contributed by atoms with Crippen molar-refractivity contribution in [2.75, 3.05) is 0 Å². The lowest BCUT2D eigenvalue weighted by atomic mass is 9.71. The molecule has 2 unspecified atom stereocenters. The van der Waals surface area contributed by atoms with E-state index in [0.29, 0.717) is 5.92 Å². The summed E-state index contributed by atoms with van der Waals surface area (Å²) >= 11 is 0. The van der Waals surface area contributed by atoms with Crippen LogP contribution < -0.4 is 0 Å². The highest BCUT2D eigenvalue weighted by molar-refractivity contribution is 6.15. The van der Waals surface area contributed by atoms with Crippen LogP contribution in [0.15, 0.2) is 192 Å². The van der Waals surface area contributed by atoms with Gasteiger partial charge in [-0.3, -0.25) is 0 Å². The molecular formula is C52H41N3. The Labute approximate surface area is 322 Å². The van der Waals surface area contributed by atoms with Gasteiger partial charge in [-0.25, -0.2) is 9.98 Å². The van der Waals surface area contributed by atoms with E-state index in [0.717, 1.165) is 53.2 Å². The van der Waals surface area contributed by atoms with Crippen molar-refractivity contribution in [3.63, 3.8) is 0 Å². The normalized spacial score (nSPS) is 15.9. The van der Waals surface area contributed by atoms with Gasteiger partial charge in [0.2, 0.25) is 0 Å². The van der Waals surface area contributed by atoms with Crippen molar-refractivity contribution < 1.29 is 0 Å². The molecule has 0 N–H and O–H groups in total. The van der Waals surface area contributed by atoms with Gasteiger partial charge in [0.25, 0.3) is 0 Å². The number of rotatable bonds is 6. The van der Waals surface area contributed by atoms with Crippen LogP contribution in [0.25, 0.3) is 44.3 Å². The molecule has 2 aliphatic rings. The smallest absolute Gasteiger partial charge is 0.160 e. The van der Waals surface area contributed by atoms with Crippen LogP contribution in [-0.4, -0.2) is 16.1 Å². The molecule has 7 aromatic carbocycles. The van der Waals surface area contributed by atoms with E-state index >= 15 is 0 Å². The minimum absolute atomic E-state index is 0.258. The molecule has 264 valence electrons. The number of fused-ring (bicyclic) bond motifs is 7. The van der Waals surface area contributed by atoms with E-state index in [2.05, 4.69) is 187 Å². The number of hydrogen-bond acceptors (Lipinski definition) is 2. The molecule has 0 radical (unpaired) electrons. The molecule has 1 aromatic heterocycles. The summed E-state index contributed by atoms with van der Waals surface area (Å²) < 4.78 is 2.49. The zero-order valence-corrected chi connectivity index (χ0v) is 30.9. The van der Waals surface area contributed by atoms with E-state index < -0.39 is 0 Å². The minimum atomic E-state index is 0.258. The SMILES string of the molecule is CC(c1cccc(C2=CCCC(c3ccccc3)=NC(c3ccccc3)=N2)c1)C1Cc2ccccc2-c2c1ccc1c3ccccc3n(-c3ccccc3)c21. The standard InChI is InChI=1S/C52H41N3/c1-35(38-22-15-23-40(33-38)48-29-16-28-47(36-17-5-2-6-18-36)53-52(54-48)37-19-7-3-8-20-37)46-34-39-21-11-12-26-42(39)50-44(46)31-32-45-43-27-13-14-30-49(43)55(51(45)50)41-24-9-4-10-25-41/h2-15,17-27,29-33,35,46H,16,28,34H2,1H3. The van der Waals surface area contributed by atoms with Crippen LogP contribution in [0.4, 0.5) is 0 Å². The molecule has 0 amide bonds.